The Bertz CT molecular complexity index is 2420. The van der Waals surface area contributed by atoms with Gasteiger partial charge in [-0.15, -0.1) is 5.10 Å². The number of hydrogen-bond donors (Lipinski definition) is 0. The molecule has 0 aliphatic rings. The van der Waals surface area contributed by atoms with Gasteiger partial charge in [-0.1, -0.05) is 146 Å². The van der Waals surface area contributed by atoms with Gasteiger partial charge < -0.3 is 9.64 Å². The molecule has 0 aliphatic carbocycles. The van der Waals surface area contributed by atoms with Crippen LogP contribution in [0.2, 0.25) is 0 Å². The van der Waals surface area contributed by atoms with Crippen molar-refractivity contribution in [3.05, 3.63) is 186 Å². The van der Waals surface area contributed by atoms with E-state index in [1.807, 2.05) is 59.0 Å². The van der Waals surface area contributed by atoms with Crippen LogP contribution in [-0.4, -0.2) is 53.9 Å². The SMILES string of the molecule is CCOC(=O)CN(Cc1ccc(-c2ccccc2-c2nnnn2C(c2ccccc2)(c2ccccc2)c2ccccc2)cc1)c1cc(CC)nc2ccnn12. The van der Waals surface area contributed by atoms with E-state index in [1.54, 1.807) is 10.7 Å². The first kappa shape index (κ1) is 35.1. The summed E-state index contributed by atoms with van der Waals surface area (Å²) >= 11 is 0. The minimum Gasteiger partial charge on any atom is -0.465 e. The van der Waals surface area contributed by atoms with Crippen LogP contribution in [-0.2, 0) is 28.0 Å². The van der Waals surface area contributed by atoms with Gasteiger partial charge in [-0.2, -0.15) is 9.61 Å². The molecule has 0 aliphatic heterocycles. The molecule has 8 aromatic rings. The molecule has 5 aromatic carbocycles. The van der Waals surface area contributed by atoms with Crippen LogP contribution in [0.1, 0.15) is 41.8 Å². The Labute approximate surface area is 319 Å². The van der Waals surface area contributed by atoms with Crippen molar-refractivity contribution in [1.29, 1.82) is 0 Å². The van der Waals surface area contributed by atoms with Gasteiger partial charge in [0.05, 0.1) is 12.8 Å². The number of aryl methyl sites for hydroxylation is 1. The number of aromatic nitrogens is 7. The van der Waals surface area contributed by atoms with Crippen molar-refractivity contribution in [2.24, 2.45) is 0 Å². The predicted molar refractivity (Wildman–Crippen MR) is 213 cm³/mol. The molecule has 0 saturated heterocycles. The third-order valence-corrected chi connectivity index (χ3v) is 9.87. The van der Waals surface area contributed by atoms with E-state index in [2.05, 4.69) is 126 Å². The number of benzene rings is 5. The molecule has 272 valence electrons. The minimum absolute atomic E-state index is 0.0647. The Morgan fingerprint density at radius 1 is 0.727 bits per heavy atom. The van der Waals surface area contributed by atoms with E-state index in [4.69, 9.17) is 20.0 Å². The summed E-state index contributed by atoms with van der Waals surface area (Å²) in [6.45, 7) is 4.70. The maximum atomic E-state index is 12.9. The Morgan fingerprint density at radius 2 is 1.33 bits per heavy atom. The lowest BCUT2D eigenvalue weighted by atomic mass is 9.77. The number of fused-ring (bicyclic) bond motifs is 1. The standard InChI is InChI=1S/C45H40N8O2/c1-3-38-30-42(52-41(47-38)28-29-46-52)51(32-43(54)55-4-2)31-33-24-26-34(27-25-33)39-22-14-15-23-40(39)44-48-49-50-53(44)45(35-16-8-5-9-17-35,36-18-10-6-11-19-36)37-20-12-7-13-21-37/h5-30H,3-4,31-32H2,1-2H3. The summed E-state index contributed by atoms with van der Waals surface area (Å²) in [4.78, 5) is 19.6. The highest BCUT2D eigenvalue weighted by Gasteiger charge is 2.42. The first-order valence-corrected chi connectivity index (χ1v) is 18.5. The number of carbonyl (C=O) groups is 1. The summed E-state index contributed by atoms with van der Waals surface area (Å²) in [6, 6.07) is 51.7. The number of hydrogen-bond acceptors (Lipinski definition) is 8. The fourth-order valence-electron chi connectivity index (χ4n) is 7.36. The molecule has 0 amide bonds. The van der Waals surface area contributed by atoms with E-state index in [9.17, 15) is 4.79 Å². The maximum Gasteiger partial charge on any atom is 0.325 e. The number of nitrogens with zero attached hydrogens (tertiary/aromatic N) is 8. The molecule has 3 aromatic heterocycles. The van der Waals surface area contributed by atoms with Crippen LogP contribution in [0.5, 0.6) is 0 Å². The van der Waals surface area contributed by atoms with Crippen molar-refractivity contribution in [1.82, 2.24) is 34.8 Å². The Morgan fingerprint density at radius 3 is 1.93 bits per heavy atom. The highest BCUT2D eigenvalue weighted by molar-refractivity contribution is 5.81. The second-order valence-electron chi connectivity index (χ2n) is 13.2. The van der Waals surface area contributed by atoms with Gasteiger partial charge >= 0.3 is 5.97 Å². The quantitative estimate of drug-likeness (QED) is 0.0871. The smallest absolute Gasteiger partial charge is 0.325 e. The van der Waals surface area contributed by atoms with E-state index in [0.29, 0.717) is 19.0 Å². The van der Waals surface area contributed by atoms with E-state index in [0.717, 1.165) is 62.5 Å². The lowest BCUT2D eigenvalue weighted by Crippen LogP contribution is -2.39. The largest absolute Gasteiger partial charge is 0.465 e. The van der Waals surface area contributed by atoms with Crippen LogP contribution in [0.4, 0.5) is 5.82 Å². The molecular formula is C45H40N8O2. The zero-order chi connectivity index (χ0) is 37.6. The summed E-state index contributed by atoms with van der Waals surface area (Å²) < 4.78 is 9.11. The van der Waals surface area contributed by atoms with Gasteiger partial charge in [0.1, 0.15) is 17.9 Å². The predicted octanol–water partition coefficient (Wildman–Crippen LogP) is 8.02. The number of esters is 1. The molecule has 0 unspecified atom stereocenters. The van der Waals surface area contributed by atoms with Crippen LogP contribution < -0.4 is 4.90 Å². The summed E-state index contributed by atoms with van der Waals surface area (Å²) in [5.41, 5.74) is 7.75. The van der Waals surface area contributed by atoms with Gasteiger partial charge in [0.15, 0.2) is 11.5 Å². The Hall–Kier alpha value is -6.94. The molecule has 8 rings (SSSR count). The second-order valence-corrected chi connectivity index (χ2v) is 13.2. The first-order valence-electron chi connectivity index (χ1n) is 18.5. The van der Waals surface area contributed by atoms with Crippen LogP contribution in [0.25, 0.3) is 28.2 Å². The van der Waals surface area contributed by atoms with Gasteiger partial charge in [0.25, 0.3) is 0 Å². The molecule has 0 bridgehead atoms. The van der Waals surface area contributed by atoms with Crippen molar-refractivity contribution >= 4 is 17.4 Å². The number of rotatable bonds is 13. The molecule has 0 N–H and O–H groups in total. The average molecular weight is 725 g/mol. The average Bonchev–Trinajstić information content (AvgIpc) is 3.93. The molecule has 10 heteroatoms. The lowest BCUT2D eigenvalue weighted by Gasteiger charge is -2.36. The molecule has 10 nitrogen and oxygen atoms in total. The summed E-state index contributed by atoms with van der Waals surface area (Å²) in [7, 11) is 0. The van der Waals surface area contributed by atoms with E-state index in [1.165, 1.54) is 0 Å². The monoisotopic (exact) mass is 724 g/mol. The molecule has 0 fully saturated rings. The molecule has 0 atom stereocenters. The number of anilines is 1. The fourth-order valence-corrected chi connectivity index (χ4v) is 7.36. The van der Waals surface area contributed by atoms with Crippen molar-refractivity contribution in [3.8, 4) is 22.5 Å². The topological polar surface area (TPSA) is 103 Å². The van der Waals surface area contributed by atoms with Gasteiger partial charge in [-0.3, -0.25) is 4.79 Å². The summed E-state index contributed by atoms with van der Waals surface area (Å²) in [5, 5.41) is 18.3. The fraction of sp³-hybridized carbons (Fsp3) is 0.156. The highest BCUT2D eigenvalue weighted by Crippen LogP contribution is 2.43. The van der Waals surface area contributed by atoms with Crippen LogP contribution in [0.3, 0.4) is 0 Å². The van der Waals surface area contributed by atoms with Crippen LogP contribution >= 0.6 is 0 Å². The summed E-state index contributed by atoms with van der Waals surface area (Å²) in [5.74, 6) is 1.10. The Kier molecular flexibility index (Phi) is 9.94. The third-order valence-electron chi connectivity index (χ3n) is 9.87. The lowest BCUT2D eigenvalue weighted by molar-refractivity contribution is -0.141. The first-order chi connectivity index (χ1) is 27.1. The third kappa shape index (κ3) is 6.74. The Balaban J connectivity index is 1.20. The van der Waals surface area contributed by atoms with Gasteiger partial charge in [0, 0.05) is 29.9 Å². The number of ether oxygens (including phenoxy) is 1. The van der Waals surface area contributed by atoms with Crippen LogP contribution in [0, 0.1) is 0 Å². The minimum atomic E-state index is -0.882. The van der Waals surface area contributed by atoms with E-state index in [-0.39, 0.29) is 12.5 Å². The highest BCUT2D eigenvalue weighted by atomic mass is 16.5. The molecule has 0 saturated carbocycles. The number of tetrazole rings is 1. The van der Waals surface area contributed by atoms with Gasteiger partial charge in [0.2, 0.25) is 0 Å². The van der Waals surface area contributed by atoms with Crippen LogP contribution in [0.15, 0.2) is 158 Å². The van der Waals surface area contributed by atoms with Crippen molar-refractivity contribution in [2.45, 2.75) is 32.4 Å². The zero-order valence-corrected chi connectivity index (χ0v) is 30.7. The van der Waals surface area contributed by atoms with Crippen molar-refractivity contribution in [3.63, 3.8) is 0 Å². The van der Waals surface area contributed by atoms with E-state index < -0.39 is 5.54 Å². The second kappa shape index (κ2) is 15.6. The molecule has 55 heavy (non-hydrogen) atoms. The maximum absolute atomic E-state index is 12.9. The van der Waals surface area contributed by atoms with Crippen molar-refractivity contribution < 1.29 is 9.53 Å². The van der Waals surface area contributed by atoms with Gasteiger partial charge in [-0.05, 0) is 57.2 Å². The molecular weight excluding hydrogens is 685 g/mol. The zero-order valence-electron chi connectivity index (χ0n) is 30.7. The molecule has 0 radical (unpaired) electrons. The van der Waals surface area contributed by atoms with Gasteiger partial charge in [-0.25, -0.2) is 9.67 Å². The van der Waals surface area contributed by atoms with Crippen molar-refractivity contribution in [2.75, 3.05) is 18.1 Å². The van der Waals surface area contributed by atoms with E-state index >= 15 is 0 Å². The molecule has 3 heterocycles. The number of carbonyl (C=O) groups excluding carboxylic acids is 1. The normalized spacial score (nSPS) is 11.5. The molecule has 0 spiro atoms. The summed E-state index contributed by atoms with van der Waals surface area (Å²) in [6.07, 6.45) is 2.47.